The molecule has 1 saturated heterocycles. The number of nitrogens with one attached hydrogen (secondary N) is 2. The van der Waals surface area contributed by atoms with Crippen molar-refractivity contribution in [2.24, 2.45) is 5.41 Å². The van der Waals surface area contributed by atoms with E-state index < -0.39 is 29.1 Å². The zero-order valence-corrected chi connectivity index (χ0v) is 27.7. The summed E-state index contributed by atoms with van der Waals surface area (Å²) in [5, 5.41) is 9.93. The maximum absolute atomic E-state index is 13.5. The minimum absolute atomic E-state index is 0. The second-order valence-electron chi connectivity index (χ2n) is 9.04. The Morgan fingerprint density at radius 1 is 1.05 bits per heavy atom. The minimum Gasteiger partial charge on any atom is -0.358 e. The molecule has 9 nitrogen and oxygen atoms in total. The molecule has 0 radical (unpaired) electrons. The molecule has 2 aromatic heterocycles. The van der Waals surface area contributed by atoms with Gasteiger partial charge in [-0.1, -0.05) is 32.9 Å². The van der Waals surface area contributed by atoms with Gasteiger partial charge in [0, 0.05) is 59.6 Å². The van der Waals surface area contributed by atoms with Crippen molar-refractivity contribution in [3.63, 3.8) is 0 Å². The van der Waals surface area contributed by atoms with Gasteiger partial charge in [-0.05, 0) is 17.7 Å². The molecule has 1 aliphatic heterocycles. The van der Waals surface area contributed by atoms with Gasteiger partial charge in [0.1, 0.15) is 5.82 Å². The number of hydrogen-bond acceptors (Lipinski definition) is 5. The molecule has 2 N–H and O–H groups in total. The van der Waals surface area contributed by atoms with Crippen LogP contribution in [0.2, 0.25) is 0 Å². The summed E-state index contributed by atoms with van der Waals surface area (Å²) in [4.78, 5) is 46.1. The largest absolute Gasteiger partial charge is 0.358 e. The molecule has 0 bridgehead atoms. The van der Waals surface area contributed by atoms with E-state index in [1.54, 1.807) is 23.2 Å². The number of H-pyrrole nitrogens is 1. The first-order chi connectivity index (χ1) is 15.6. The van der Waals surface area contributed by atoms with E-state index in [1.807, 2.05) is 20.8 Å². The number of hydrogen-bond donors (Lipinski definition) is 2. The fourth-order valence-corrected chi connectivity index (χ4v) is 3.93. The van der Waals surface area contributed by atoms with Gasteiger partial charge in [0.25, 0.3) is 0 Å². The summed E-state index contributed by atoms with van der Waals surface area (Å²) in [5.41, 5.74) is 1.04. The van der Waals surface area contributed by atoms with Crippen LogP contribution >= 0.6 is 0 Å². The van der Waals surface area contributed by atoms with Gasteiger partial charge in [0.2, 0.25) is 5.91 Å². The number of aromatic nitrogens is 3. The molecule has 0 spiro atoms. The number of piperazine rings is 1. The van der Waals surface area contributed by atoms with Crippen LogP contribution in [0.1, 0.15) is 32.4 Å². The Balaban J connectivity index is 0.00000324. The van der Waals surface area contributed by atoms with Crippen molar-refractivity contribution >= 4 is 34.3 Å². The van der Waals surface area contributed by atoms with Crippen LogP contribution in [0.3, 0.4) is 0 Å². The summed E-state index contributed by atoms with van der Waals surface area (Å²) in [7, 11) is 0. The van der Waals surface area contributed by atoms with Crippen LogP contribution in [0.25, 0.3) is 10.9 Å². The molecule has 0 aliphatic carbocycles. The van der Waals surface area contributed by atoms with Gasteiger partial charge in [0.15, 0.2) is 0 Å². The summed E-state index contributed by atoms with van der Waals surface area (Å²) in [6.45, 7) is 6.17. The molecule has 1 atom stereocenters. The first-order valence-corrected chi connectivity index (χ1v) is 10.6. The summed E-state index contributed by atoms with van der Waals surface area (Å²) in [5.74, 6) is -2.03. The number of carbonyl (C=O) groups is 3. The van der Waals surface area contributed by atoms with Crippen molar-refractivity contribution in [1.29, 1.82) is 0 Å². The number of benzene rings is 1. The van der Waals surface area contributed by atoms with Crippen molar-refractivity contribution in [2.75, 3.05) is 25.0 Å². The Morgan fingerprint density at radius 3 is 2.32 bits per heavy atom. The molecule has 37 heavy (non-hydrogen) atoms. The van der Waals surface area contributed by atoms with E-state index in [4.69, 9.17) is 0 Å². The van der Waals surface area contributed by atoms with E-state index in [1.165, 1.54) is 29.4 Å². The van der Waals surface area contributed by atoms with Crippen LogP contribution in [0.15, 0.2) is 42.9 Å². The van der Waals surface area contributed by atoms with Gasteiger partial charge in [0.05, 0.1) is 35.8 Å². The van der Waals surface area contributed by atoms with Crippen LogP contribution in [0.5, 0.6) is 0 Å². The average molecular weight is 974 g/mol. The predicted octanol–water partition coefficient (Wildman–Crippen LogP) is 3.39. The molecule has 1 aliphatic rings. The molecular weight excluding hydrogens is 942 g/mol. The zero-order valence-electron chi connectivity index (χ0n) is 21.4. The molecule has 12 heteroatoms. The summed E-state index contributed by atoms with van der Waals surface area (Å²) >= 11 is 0. The SMILES string of the molecule is CC(C)(C)C(=O)N1CCN(C(=O)C(=O)Nc2cncc3[nH]ncc23)C(c2ccc(F)cc2)C1.[CH3-].[CH3-].[Cm].[Pu]. The van der Waals surface area contributed by atoms with Gasteiger partial charge in [-0.2, -0.15) is 5.10 Å². The van der Waals surface area contributed by atoms with E-state index in [-0.39, 0.29) is 63.0 Å². The molecule has 1 fully saturated rings. The molecular formula is C25H31CmFN6O3Pu-2. The Bertz CT molecular complexity index is 1220. The Kier molecular flexibility index (Phi) is 11.6. The number of rotatable bonds is 2. The predicted molar refractivity (Wildman–Crippen MR) is 132 cm³/mol. The molecule has 3 heterocycles. The van der Waals surface area contributed by atoms with Gasteiger partial charge in [-0.3, -0.25) is 24.5 Å². The van der Waals surface area contributed by atoms with E-state index in [0.717, 1.165) is 0 Å². The summed E-state index contributed by atoms with van der Waals surface area (Å²) in [6.07, 6.45) is 4.55. The number of pyridine rings is 1. The number of carbonyl (C=O) groups excluding carboxylic acids is 3. The second kappa shape index (κ2) is 12.9. The fraction of sp³-hybridized carbons (Fsp3) is 0.320. The Hall–Kier alpha value is -3.83. The second-order valence-corrected chi connectivity index (χ2v) is 9.04. The first kappa shape index (κ1) is 33.2. The van der Waals surface area contributed by atoms with Crippen LogP contribution in [0, 0.1) is 55.3 Å². The molecule has 202 valence electrons. The van der Waals surface area contributed by atoms with E-state index in [0.29, 0.717) is 28.7 Å². The molecule has 1 unspecified atom stereocenters. The number of anilines is 1. The zero-order chi connectivity index (χ0) is 23.8. The molecule has 3 amide bonds. The average Bonchev–Trinajstić information content (AvgIpc) is 3.27. The maximum atomic E-state index is 13.5. The number of aromatic amines is 1. The molecule has 4 rings (SSSR count). The molecule has 3 aromatic rings. The van der Waals surface area contributed by atoms with E-state index in [9.17, 15) is 18.8 Å². The van der Waals surface area contributed by atoms with Gasteiger partial charge in [-0.25, -0.2) is 4.39 Å². The van der Waals surface area contributed by atoms with Crippen molar-refractivity contribution in [2.45, 2.75) is 26.8 Å². The third kappa shape index (κ3) is 6.89. The maximum Gasteiger partial charge on any atom is 0.313 e. The third-order valence-electron chi connectivity index (χ3n) is 5.63. The van der Waals surface area contributed by atoms with Crippen LogP contribution in [0.4, 0.5) is 10.1 Å². The van der Waals surface area contributed by atoms with Gasteiger partial charge < -0.3 is 30.0 Å². The topological polar surface area (TPSA) is 111 Å². The normalized spacial score (nSPS) is 14.9. The van der Waals surface area contributed by atoms with Crippen molar-refractivity contribution in [1.82, 2.24) is 25.0 Å². The standard InChI is InChI=1S/C23H25FN6O3.2CH3.Cm.Pu/c1-23(2,3)22(33)29-8-9-30(19(13-29)14-4-6-15(24)7-5-14)21(32)20(31)27-17-11-25-12-18-16(17)10-26-28-18;;;;/h4-7,10-12,19H,8-9,13H2,1-3H3,(H,26,28)(H,27,31);2*1H3;;/q;2*-1;;. The monoisotopic (exact) mass is 963 g/mol. The van der Waals surface area contributed by atoms with Gasteiger partial charge in [-0.15, -0.1) is 0 Å². The molecule has 1 aromatic carbocycles. The first-order valence-electron chi connectivity index (χ1n) is 10.6. The summed E-state index contributed by atoms with van der Waals surface area (Å²) < 4.78 is 13.5. The number of nitrogens with zero attached hydrogens (tertiary/aromatic N) is 4. The quantitative estimate of drug-likeness (QED) is 0.303. The summed E-state index contributed by atoms with van der Waals surface area (Å²) in [6, 6.07) is 5.15. The number of amides is 3. The van der Waals surface area contributed by atoms with Crippen LogP contribution in [-0.2, 0) is 14.4 Å². The fourth-order valence-electron chi connectivity index (χ4n) is 3.93. The van der Waals surface area contributed by atoms with E-state index >= 15 is 0 Å². The van der Waals surface area contributed by atoms with Crippen molar-refractivity contribution < 1.29 is 47.9 Å². The smallest absolute Gasteiger partial charge is 0.313 e. The van der Waals surface area contributed by atoms with E-state index in [2.05, 4.69) is 20.5 Å². The number of halogens is 1. The van der Waals surface area contributed by atoms with Crippen LogP contribution < -0.4 is 5.32 Å². The van der Waals surface area contributed by atoms with Gasteiger partial charge >= 0.3 is 11.8 Å². The van der Waals surface area contributed by atoms with Crippen molar-refractivity contribution in [3.8, 4) is 0 Å². The molecule has 0 saturated carbocycles. The van der Waals surface area contributed by atoms with Crippen molar-refractivity contribution in [3.05, 3.63) is 69.1 Å². The minimum atomic E-state index is -0.826. The van der Waals surface area contributed by atoms with Crippen LogP contribution in [-0.4, -0.2) is 62.3 Å². The third-order valence-corrected chi connectivity index (χ3v) is 5.63. The Morgan fingerprint density at radius 2 is 1.70 bits per heavy atom. The number of fused-ring (bicyclic) bond motifs is 1. The Labute approximate surface area is 232 Å².